The Labute approximate surface area is 263 Å². The Morgan fingerprint density at radius 3 is 2.53 bits per heavy atom. The summed E-state index contributed by atoms with van der Waals surface area (Å²) >= 11 is 0. The minimum Gasteiger partial charge on any atom is -0.454 e. The summed E-state index contributed by atoms with van der Waals surface area (Å²) in [6.07, 6.45) is 12.9. The molecule has 1 fully saturated rings. The standard InChI is InChI=1S/C38H38N6O/c1-5-23-24-11-7-9-13-28(24)44-35-34(39-19-20-40-35)42(4)36(44)37(6-2)33(23)38(37)18-17-30-41(3)21-22-43(30)31-27(38)16-15-26-25-12-8-10-14-29(25)45-32(26)31/h7-16,19-23,30,33,36H,5-6,17-18H2,1-4H3. The van der Waals surface area contributed by atoms with Crippen molar-refractivity contribution >= 4 is 44.9 Å². The Kier molecular flexibility index (Phi) is 4.92. The van der Waals surface area contributed by atoms with Crippen molar-refractivity contribution in [3.8, 4) is 0 Å². The molecule has 5 aromatic rings. The van der Waals surface area contributed by atoms with Crippen LogP contribution in [0.2, 0.25) is 0 Å². The molecular weight excluding hydrogens is 556 g/mol. The van der Waals surface area contributed by atoms with Crippen molar-refractivity contribution in [1.29, 1.82) is 0 Å². The number of hydrogen-bond donors (Lipinski definition) is 0. The van der Waals surface area contributed by atoms with Crippen molar-refractivity contribution in [2.45, 2.75) is 63.2 Å². The molecule has 3 aromatic carbocycles. The van der Waals surface area contributed by atoms with Crippen LogP contribution in [0.5, 0.6) is 0 Å². The van der Waals surface area contributed by atoms with E-state index in [2.05, 4.69) is 121 Å². The number of nitrogens with zero attached hydrogens (tertiary/aromatic N) is 6. The SMILES string of the molecule is CCC1c2ccccc2N2c3nccnc3N(C)C2C2(CC)C1C21CCC2N(C)C=CN2c2c1ccc1c2oc2ccccc21. The lowest BCUT2D eigenvalue weighted by Gasteiger charge is -2.40. The summed E-state index contributed by atoms with van der Waals surface area (Å²) in [5, 5.41) is 2.39. The maximum atomic E-state index is 6.85. The number of aromatic nitrogens is 2. The van der Waals surface area contributed by atoms with E-state index < -0.39 is 0 Å². The van der Waals surface area contributed by atoms with Crippen molar-refractivity contribution in [1.82, 2.24) is 14.9 Å². The van der Waals surface area contributed by atoms with Crippen LogP contribution >= 0.6 is 0 Å². The maximum Gasteiger partial charge on any atom is 0.178 e. The fraction of sp³-hybridized carbons (Fsp3) is 0.368. The minimum atomic E-state index is -0.0588. The highest BCUT2D eigenvalue weighted by Crippen LogP contribution is 2.83. The summed E-state index contributed by atoms with van der Waals surface area (Å²) in [4.78, 5) is 19.9. The Balaban J connectivity index is 1.31. The van der Waals surface area contributed by atoms with Gasteiger partial charge in [-0.3, -0.25) is 0 Å². The Hall–Kier alpha value is -4.52. The summed E-state index contributed by atoms with van der Waals surface area (Å²) < 4.78 is 6.85. The number of rotatable bonds is 2. The molecule has 1 saturated carbocycles. The van der Waals surface area contributed by atoms with Crippen molar-refractivity contribution in [2.75, 3.05) is 28.8 Å². The fourth-order valence-corrected chi connectivity index (χ4v) is 10.9. The number of anilines is 4. The van der Waals surface area contributed by atoms with E-state index in [9.17, 15) is 0 Å². The molecule has 45 heavy (non-hydrogen) atoms. The molecule has 0 N–H and O–H groups in total. The van der Waals surface area contributed by atoms with Crippen LogP contribution in [0.3, 0.4) is 0 Å². The maximum absolute atomic E-state index is 6.85. The molecule has 0 amide bonds. The fourth-order valence-electron chi connectivity index (χ4n) is 10.9. The van der Waals surface area contributed by atoms with Crippen LogP contribution in [-0.2, 0) is 5.41 Å². The van der Waals surface area contributed by atoms with Gasteiger partial charge in [-0.15, -0.1) is 0 Å². The topological polar surface area (TPSA) is 51.9 Å². The van der Waals surface area contributed by atoms with Crippen LogP contribution in [0, 0.1) is 11.3 Å². The van der Waals surface area contributed by atoms with Crippen LogP contribution in [0.4, 0.5) is 23.0 Å². The summed E-state index contributed by atoms with van der Waals surface area (Å²) in [6, 6.07) is 22.5. The second kappa shape index (κ2) is 8.59. The van der Waals surface area contributed by atoms with Gasteiger partial charge in [-0.2, -0.15) is 0 Å². The first-order valence-corrected chi connectivity index (χ1v) is 16.6. The lowest BCUT2D eigenvalue weighted by Crippen LogP contribution is -2.49. The van der Waals surface area contributed by atoms with Gasteiger partial charge in [0.15, 0.2) is 17.2 Å². The third-order valence-electron chi connectivity index (χ3n) is 12.5. The van der Waals surface area contributed by atoms with Crippen LogP contribution in [0.15, 0.2) is 89.9 Å². The van der Waals surface area contributed by atoms with Gasteiger partial charge in [0.05, 0.1) is 5.69 Å². The Bertz CT molecular complexity index is 2070. The molecule has 2 aromatic heterocycles. The van der Waals surface area contributed by atoms with E-state index in [-0.39, 0.29) is 23.2 Å². The van der Waals surface area contributed by atoms with Crippen molar-refractivity contribution < 1.29 is 4.42 Å². The molecule has 6 heterocycles. The number of hydrogen-bond acceptors (Lipinski definition) is 7. The van der Waals surface area contributed by atoms with Gasteiger partial charge in [0.25, 0.3) is 0 Å². The average molecular weight is 595 g/mol. The largest absolute Gasteiger partial charge is 0.454 e. The van der Waals surface area contributed by atoms with Crippen molar-refractivity contribution in [3.05, 3.63) is 96.6 Å². The third kappa shape index (κ3) is 2.81. The first-order valence-electron chi connectivity index (χ1n) is 16.6. The molecule has 6 atom stereocenters. The Morgan fingerprint density at radius 2 is 1.69 bits per heavy atom. The lowest BCUT2D eigenvalue weighted by molar-refractivity contribution is 0.284. The second-order valence-electron chi connectivity index (χ2n) is 13.8. The highest BCUT2D eigenvalue weighted by Gasteiger charge is 2.83. The highest BCUT2D eigenvalue weighted by atomic mass is 16.3. The van der Waals surface area contributed by atoms with E-state index >= 15 is 0 Å². The molecule has 7 heteroatoms. The normalized spacial score (nSPS) is 30.6. The quantitative estimate of drug-likeness (QED) is 0.205. The van der Waals surface area contributed by atoms with Crippen LogP contribution in [0.25, 0.3) is 21.9 Å². The first-order chi connectivity index (χ1) is 22.1. The molecule has 10 rings (SSSR count). The monoisotopic (exact) mass is 594 g/mol. The zero-order valence-corrected chi connectivity index (χ0v) is 26.3. The number of benzene rings is 3. The van der Waals surface area contributed by atoms with Crippen molar-refractivity contribution in [3.63, 3.8) is 0 Å². The molecule has 226 valence electrons. The van der Waals surface area contributed by atoms with Gasteiger partial charge >= 0.3 is 0 Å². The van der Waals surface area contributed by atoms with Crippen LogP contribution < -0.4 is 14.7 Å². The van der Waals surface area contributed by atoms with Gasteiger partial charge in [0.2, 0.25) is 0 Å². The number of furan rings is 1. The van der Waals surface area contributed by atoms with Crippen LogP contribution in [0.1, 0.15) is 56.6 Å². The van der Waals surface area contributed by atoms with Gasteiger partial charge in [-0.25, -0.2) is 9.97 Å². The average Bonchev–Trinajstić information content (AvgIpc) is 3.25. The van der Waals surface area contributed by atoms with E-state index in [4.69, 9.17) is 14.4 Å². The lowest BCUT2D eigenvalue weighted by atomic mass is 9.77. The Morgan fingerprint density at radius 1 is 0.889 bits per heavy atom. The van der Waals surface area contributed by atoms with E-state index in [1.807, 2.05) is 12.4 Å². The third-order valence-corrected chi connectivity index (χ3v) is 12.5. The molecule has 5 aliphatic rings. The number of para-hydroxylation sites is 2. The molecule has 4 aliphatic heterocycles. The molecule has 1 aliphatic carbocycles. The van der Waals surface area contributed by atoms with E-state index in [1.165, 1.54) is 33.3 Å². The second-order valence-corrected chi connectivity index (χ2v) is 13.8. The van der Waals surface area contributed by atoms with Gasteiger partial charge in [-0.1, -0.05) is 62.4 Å². The molecule has 1 spiro atoms. The van der Waals surface area contributed by atoms with Gasteiger partial charge in [0, 0.05) is 66.2 Å². The molecular formula is C38H38N6O. The molecule has 0 radical (unpaired) electrons. The summed E-state index contributed by atoms with van der Waals surface area (Å²) in [5.74, 6) is 2.82. The molecule has 6 unspecified atom stereocenters. The zero-order valence-electron chi connectivity index (χ0n) is 26.3. The smallest absolute Gasteiger partial charge is 0.178 e. The van der Waals surface area contributed by atoms with Gasteiger partial charge in [-0.05, 0) is 60.8 Å². The predicted octanol–water partition coefficient (Wildman–Crippen LogP) is 8.10. The van der Waals surface area contributed by atoms with Crippen LogP contribution in [-0.4, -0.2) is 41.3 Å². The van der Waals surface area contributed by atoms with E-state index in [0.717, 1.165) is 48.5 Å². The highest BCUT2D eigenvalue weighted by molar-refractivity contribution is 6.10. The summed E-state index contributed by atoms with van der Waals surface area (Å²) in [6.45, 7) is 4.84. The minimum absolute atomic E-state index is 0.0414. The van der Waals surface area contributed by atoms with Gasteiger partial charge in [0.1, 0.15) is 17.9 Å². The first kappa shape index (κ1) is 25.8. The molecule has 7 nitrogen and oxygen atoms in total. The van der Waals surface area contributed by atoms with E-state index in [0.29, 0.717) is 11.8 Å². The molecule has 0 saturated heterocycles. The molecule has 0 bridgehead atoms. The number of fused-ring (bicyclic) bond motifs is 17. The predicted molar refractivity (Wildman–Crippen MR) is 180 cm³/mol. The van der Waals surface area contributed by atoms with Gasteiger partial charge < -0.3 is 24.0 Å². The summed E-state index contributed by atoms with van der Waals surface area (Å²) in [7, 11) is 4.48. The van der Waals surface area contributed by atoms with E-state index in [1.54, 1.807) is 0 Å². The zero-order chi connectivity index (χ0) is 30.2. The summed E-state index contributed by atoms with van der Waals surface area (Å²) in [5.41, 5.74) is 7.32. The van der Waals surface area contributed by atoms with Crippen molar-refractivity contribution in [2.24, 2.45) is 11.3 Å².